The van der Waals surface area contributed by atoms with Gasteiger partial charge in [-0.05, 0) is 36.8 Å². The number of carbonyl (C=O) groups excluding carboxylic acids is 2. The maximum atomic E-state index is 12.2. The monoisotopic (exact) mass is 472 g/mol. The average Bonchev–Trinajstić information content (AvgIpc) is 2.59. The molecular weight excluding hydrogens is 459 g/mol. The molecule has 0 aromatic heterocycles. The molecule has 126 valence electrons. The van der Waals surface area contributed by atoms with Gasteiger partial charge in [0.15, 0.2) is 0 Å². The maximum absolute atomic E-state index is 12.2. The number of hydrazine groups is 1. The topological polar surface area (TPSA) is 58.2 Å². The van der Waals surface area contributed by atoms with Crippen LogP contribution in [-0.2, 0) is 4.79 Å². The Morgan fingerprint density at radius 3 is 2.12 bits per heavy atom. The van der Waals surface area contributed by atoms with E-state index in [2.05, 4.69) is 42.7 Å². The highest BCUT2D eigenvalue weighted by molar-refractivity contribution is 9.12. The molecule has 2 amide bonds. The van der Waals surface area contributed by atoms with Crippen molar-refractivity contribution in [2.75, 3.05) is 0 Å². The smallest absolute Gasteiger partial charge is 0.269 e. The third-order valence-electron chi connectivity index (χ3n) is 3.31. The molecular formula is C17H15Br2ClN2O2. The lowest BCUT2D eigenvalue weighted by Gasteiger charge is -2.17. The summed E-state index contributed by atoms with van der Waals surface area (Å²) < 4.78 is 0. The highest BCUT2D eigenvalue weighted by Crippen LogP contribution is 2.31. The number of aryl methyl sites for hydroxylation is 1. The molecule has 7 heteroatoms. The van der Waals surface area contributed by atoms with Gasteiger partial charge in [0.25, 0.3) is 11.8 Å². The summed E-state index contributed by atoms with van der Waals surface area (Å²) in [5.41, 5.74) is 7.24. The van der Waals surface area contributed by atoms with Crippen molar-refractivity contribution >= 4 is 55.3 Å². The van der Waals surface area contributed by atoms with Crippen molar-refractivity contribution in [3.05, 3.63) is 70.2 Å². The zero-order valence-corrected chi connectivity index (χ0v) is 16.7. The predicted octanol–water partition coefficient (Wildman–Crippen LogP) is 4.31. The van der Waals surface area contributed by atoms with E-state index < -0.39 is 4.83 Å². The van der Waals surface area contributed by atoms with Crippen molar-refractivity contribution in [2.45, 2.75) is 16.6 Å². The van der Waals surface area contributed by atoms with Crippen LogP contribution in [-0.4, -0.2) is 16.6 Å². The number of rotatable bonds is 4. The molecule has 2 rings (SSSR count). The molecule has 0 radical (unpaired) electrons. The van der Waals surface area contributed by atoms with Crippen LogP contribution in [0.2, 0.25) is 5.02 Å². The van der Waals surface area contributed by atoms with Crippen LogP contribution in [0.25, 0.3) is 0 Å². The molecule has 0 aliphatic heterocycles. The van der Waals surface area contributed by atoms with E-state index in [1.54, 1.807) is 24.3 Å². The molecule has 0 saturated heterocycles. The van der Waals surface area contributed by atoms with E-state index in [0.717, 1.165) is 11.1 Å². The Kier molecular flexibility index (Phi) is 6.83. The zero-order valence-electron chi connectivity index (χ0n) is 12.7. The van der Waals surface area contributed by atoms with Crippen molar-refractivity contribution in [2.24, 2.45) is 0 Å². The average molecular weight is 475 g/mol. The van der Waals surface area contributed by atoms with E-state index >= 15 is 0 Å². The summed E-state index contributed by atoms with van der Waals surface area (Å²) in [5, 5.41) is 0.624. The van der Waals surface area contributed by atoms with Gasteiger partial charge >= 0.3 is 0 Å². The van der Waals surface area contributed by atoms with Gasteiger partial charge in [0, 0.05) is 10.6 Å². The van der Waals surface area contributed by atoms with Gasteiger partial charge in [-0.15, -0.1) is 0 Å². The van der Waals surface area contributed by atoms with Gasteiger partial charge in [0.2, 0.25) is 0 Å². The number of benzene rings is 2. The molecule has 0 fully saturated rings. The highest BCUT2D eigenvalue weighted by Gasteiger charge is 2.25. The van der Waals surface area contributed by atoms with Crippen LogP contribution in [0, 0.1) is 6.92 Å². The Hall–Kier alpha value is -1.37. The molecule has 2 aromatic carbocycles. The van der Waals surface area contributed by atoms with E-state index in [0.29, 0.717) is 10.6 Å². The molecule has 0 saturated carbocycles. The van der Waals surface area contributed by atoms with Crippen molar-refractivity contribution in [1.82, 2.24) is 10.9 Å². The molecule has 0 spiro atoms. The molecule has 0 heterocycles. The number of hydrogen-bond donors (Lipinski definition) is 2. The van der Waals surface area contributed by atoms with E-state index in [-0.39, 0.29) is 16.6 Å². The number of alkyl halides is 2. The number of hydrogen-bond acceptors (Lipinski definition) is 2. The molecule has 4 nitrogen and oxygen atoms in total. The summed E-state index contributed by atoms with van der Waals surface area (Å²) in [6.07, 6.45) is 0. The first-order valence-electron chi connectivity index (χ1n) is 7.09. The summed E-state index contributed by atoms with van der Waals surface area (Å²) in [4.78, 5) is 23.3. The van der Waals surface area contributed by atoms with Crippen LogP contribution >= 0.6 is 43.5 Å². The summed E-state index contributed by atoms with van der Waals surface area (Å²) in [7, 11) is 0. The second-order valence-electron chi connectivity index (χ2n) is 5.16. The SMILES string of the molecule is Cc1ccc(C(=O)NNC(=O)[C@H](Br)[C@@H](Br)c2ccc(Cl)cc2)cc1. The molecule has 2 N–H and O–H groups in total. The molecule has 2 aromatic rings. The van der Waals surface area contributed by atoms with E-state index in [4.69, 9.17) is 11.6 Å². The number of halogens is 3. The van der Waals surface area contributed by atoms with Crippen molar-refractivity contribution in [3.8, 4) is 0 Å². The first kappa shape index (κ1) is 19.0. The van der Waals surface area contributed by atoms with Crippen molar-refractivity contribution in [3.63, 3.8) is 0 Å². The fraction of sp³-hybridized carbons (Fsp3) is 0.176. The van der Waals surface area contributed by atoms with E-state index in [1.165, 1.54) is 0 Å². The summed E-state index contributed by atoms with van der Waals surface area (Å²) >= 11 is 12.7. The largest absolute Gasteiger partial charge is 0.272 e. The second kappa shape index (κ2) is 8.65. The Morgan fingerprint density at radius 1 is 0.958 bits per heavy atom. The number of amides is 2. The Bertz CT molecular complexity index is 720. The van der Waals surface area contributed by atoms with Gasteiger partial charge in [0.05, 0.1) is 4.83 Å². The summed E-state index contributed by atoms with van der Waals surface area (Å²) in [6.45, 7) is 1.94. The van der Waals surface area contributed by atoms with Crippen molar-refractivity contribution in [1.29, 1.82) is 0 Å². The third-order valence-corrected chi connectivity index (χ3v) is 6.27. The Morgan fingerprint density at radius 2 is 1.54 bits per heavy atom. The molecule has 0 aliphatic carbocycles. The molecule has 0 unspecified atom stereocenters. The first-order valence-corrected chi connectivity index (χ1v) is 9.30. The van der Waals surface area contributed by atoms with E-state index in [9.17, 15) is 9.59 Å². The van der Waals surface area contributed by atoms with E-state index in [1.807, 2.05) is 31.2 Å². The maximum Gasteiger partial charge on any atom is 0.269 e. The quantitative estimate of drug-likeness (QED) is 0.513. The van der Waals surface area contributed by atoms with Gasteiger partial charge in [0.1, 0.15) is 4.83 Å². The standard InChI is InChI=1S/C17H15Br2ClN2O2/c1-10-2-4-12(5-3-10)16(23)21-22-17(24)15(19)14(18)11-6-8-13(20)9-7-11/h2-9,14-15H,1H3,(H,21,23)(H,22,24)/t14-,15+/m0/s1. The lowest BCUT2D eigenvalue weighted by molar-refractivity contribution is -0.121. The number of nitrogens with one attached hydrogen (secondary N) is 2. The van der Waals surface area contributed by atoms with Crippen LogP contribution in [0.15, 0.2) is 48.5 Å². The fourth-order valence-electron chi connectivity index (χ4n) is 1.91. The van der Waals surface area contributed by atoms with Gasteiger partial charge in [-0.3, -0.25) is 20.4 Å². The molecule has 0 aliphatic rings. The Balaban J connectivity index is 1.92. The van der Waals surface area contributed by atoms with Crippen LogP contribution < -0.4 is 10.9 Å². The minimum atomic E-state index is -0.572. The Labute approximate surface area is 162 Å². The lowest BCUT2D eigenvalue weighted by atomic mass is 10.1. The van der Waals surface area contributed by atoms with Gasteiger partial charge < -0.3 is 0 Å². The third kappa shape index (κ3) is 5.06. The zero-order chi connectivity index (χ0) is 17.7. The molecule has 2 atom stereocenters. The van der Waals surface area contributed by atoms with Crippen LogP contribution in [0.1, 0.15) is 26.3 Å². The lowest BCUT2D eigenvalue weighted by Crippen LogP contribution is -2.45. The van der Waals surface area contributed by atoms with Crippen LogP contribution in [0.3, 0.4) is 0 Å². The molecule has 24 heavy (non-hydrogen) atoms. The summed E-state index contributed by atoms with van der Waals surface area (Å²) in [5.74, 6) is -0.743. The van der Waals surface area contributed by atoms with Crippen molar-refractivity contribution < 1.29 is 9.59 Å². The second-order valence-corrected chi connectivity index (χ2v) is 7.57. The van der Waals surface area contributed by atoms with Gasteiger partial charge in [-0.1, -0.05) is 73.3 Å². The van der Waals surface area contributed by atoms with Gasteiger partial charge in [-0.25, -0.2) is 0 Å². The predicted molar refractivity (Wildman–Crippen MR) is 103 cm³/mol. The minimum Gasteiger partial charge on any atom is -0.272 e. The fourth-order valence-corrected chi connectivity index (χ4v) is 3.00. The van der Waals surface area contributed by atoms with Gasteiger partial charge in [-0.2, -0.15) is 0 Å². The highest BCUT2D eigenvalue weighted by atomic mass is 79.9. The first-order chi connectivity index (χ1) is 11.4. The van der Waals surface area contributed by atoms with Crippen LogP contribution in [0.5, 0.6) is 0 Å². The van der Waals surface area contributed by atoms with Crippen LogP contribution in [0.4, 0.5) is 0 Å². The normalized spacial score (nSPS) is 13.0. The minimum absolute atomic E-state index is 0.272. The molecule has 0 bridgehead atoms. The number of carbonyl (C=O) groups is 2. The summed E-state index contributed by atoms with van der Waals surface area (Å²) in [6, 6.07) is 14.2.